The number of anilines is 1. The molecule has 0 amide bonds. The van der Waals surface area contributed by atoms with Gasteiger partial charge in [-0.25, -0.2) is 4.68 Å². The summed E-state index contributed by atoms with van der Waals surface area (Å²) in [6, 6.07) is 9.89. The summed E-state index contributed by atoms with van der Waals surface area (Å²) in [4.78, 5) is 12.3. The summed E-state index contributed by atoms with van der Waals surface area (Å²) in [7, 11) is 0. The van der Waals surface area contributed by atoms with Crippen LogP contribution in [0.1, 0.15) is 26.5 Å². The average molecular weight is 259 g/mol. The molecule has 0 aliphatic rings. The van der Waals surface area contributed by atoms with Gasteiger partial charge in [0.2, 0.25) is 0 Å². The molecule has 19 heavy (non-hydrogen) atoms. The van der Waals surface area contributed by atoms with Gasteiger partial charge in [-0.05, 0) is 24.5 Å². The monoisotopic (exact) mass is 259 g/mol. The largest absolute Gasteiger partial charge is 0.393 e. The zero-order valence-corrected chi connectivity index (χ0v) is 11.8. The van der Waals surface area contributed by atoms with Crippen molar-refractivity contribution in [2.45, 2.75) is 33.7 Å². The number of para-hydroxylation sites is 1. The Bertz CT molecular complexity index is 608. The molecule has 2 rings (SSSR count). The van der Waals surface area contributed by atoms with Crippen LogP contribution in [0.4, 0.5) is 5.69 Å². The van der Waals surface area contributed by atoms with Gasteiger partial charge in [-0.3, -0.25) is 9.48 Å². The lowest BCUT2D eigenvalue weighted by atomic mass is 10.2. The van der Waals surface area contributed by atoms with E-state index in [4.69, 9.17) is 5.73 Å². The predicted octanol–water partition coefficient (Wildman–Crippen LogP) is 2.44. The van der Waals surface area contributed by atoms with Gasteiger partial charge >= 0.3 is 0 Å². The topological polar surface area (TPSA) is 53.0 Å². The van der Waals surface area contributed by atoms with E-state index in [1.807, 2.05) is 41.9 Å². The van der Waals surface area contributed by atoms with Crippen LogP contribution < -0.4 is 11.3 Å². The summed E-state index contributed by atoms with van der Waals surface area (Å²) in [5.41, 5.74) is 8.12. The van der Waals surface area contributed by atoms with Crippen molar-refractivity contribution in [1.29, 1.82) is 0 Å². The first-order valence-corrected chi connectivity index (χ1v) is 6.71. The average Bonchev–Trinajstić information content (AvgIpc) is 2.63. The molecule has 0 aliphatic heterocycles. The van der Waals surface area contributed by atoms with Crippen LogP contribution in [-0.4, -0.2) is 9.36 Å². The van der Waals surface area contributed by atoms with E-state index in [0.717, 1.165) is 17.8 Å². The van der Waals surface area contributed by atoms with Crippen LogP contribution in [0, 0.1) is 5.92 Å². The highest BCUT2D eigenvalue weighted by Crippen LogP contribution is 2.17. The summed E-state index contributed by atoms with van der Waals surface area (Å²) in [5.74, 6) is 0.388. The highest BCUT2D eigenvalue weighted by Gasteiger charge is 2.17. The van der Waals surface area contributed by atoms with Gasteiger partial charge in [0.1, 0.15) is 5.69 Å². The number of nitrogens with two attached hydrogens (primary N) is 1. The maximum absolute atomic E-state index is 12.3. The summed E-state index contributed by atoms with van der Waals surface area (Å²) in [5, 5.41) is 0. The molecule has 1 aromatic carbocycles. The summed E-state index contributed by atoms with van der Waals surface area (Å²) in [6.07, 6.45) is 0.737. The quantitative estimate of drug-likeness (QED) is 0.917. The third-order valence-corrected chi connectivity index (χ3v) is 3.15. The minimum Gasteiger partial charge on any atom is -0.393 e. The van der Waals surface area contributed by atoms with Crippen molar-refractivity contribution < 1.29 is 0 Å². The van der Waals surface area contributed by atoms with E-state index in [2.05, 4.69) is 13.8 Å². The van der Waals surface area contributed by atoms with Crippen LogP contribution in [0.3, 0.4) is 0 Å². The second-order valence-electron chi connectivity index (χ2n) is 5.14. The third kappa shape index (κ3) is 2.43. The molecule has 0 spiro atoms. The molecule has 0 atom stereocenters. The number of benzene rings is 1. The molecule has 4 nitrogen and oxygen atoms in total. The van der Waals surface area contributed by atoms with Gasteiger partial charge in [-0.2, -0.15) is 0 Å². The second-order valence-corrected chi connectivity index (χ2v) is 5.14. The van der Waals surface area contributed by atoms with Crippen LogP contribution >= 0.6 is 0 Å². The van der Waals surface area contributed by atoms with Crippen LogP contribution in [0.2, 0.25) is 0 Å². The van der Waals surface area contributed by atoms with E-state index in [1.54, 1.807) is 4.68 Å². The first kappa shape index (κ1) is 13.5. The fraction of sp³-hybridized carbons (Fsp3) is 0.400. The molecular formula is C15H21N3O. The van der Waals surface area contributed by atoms with Crippen LogP contribution in [0.15, 0.2) is 35.1 Å². The number of hydrogen-bond acceptors (Lipinski definition) is 2. The van der Waals surface area contributed by atoms with E-state index in [-0.39, 0.29) is 5.56 Å². The summed E-state index contributed by atoms with van der Waals surface area (Å²) in [6.45, 7) is 6.87. The van der Waals surface area contributed by atoms with E-state index in [1.165, 1.54) is 0 Å². The smallest absolute Gasteiger partial charge is 0.290 e. The van der Waals surface area contributed by atoms with Crippen molar-refractivity contribution >= 4 is 5.69 Å². The van der Waals surface area contributed by atoms with E-state index in [9.17, 15) is 4.79 Å². The van der Waals surface area contributed by atoms with Gasteiger partial charge in [-0.1, -0.05) is 39.0 Å². The van der Waals surface area contributed by atoms with Crippen LogP contribution in [0.25, 0.3) is 5.69 Å². The van der Waals surface area contributed by atoms with Gasteiger partial charge in [0.25, 0.3) is 5.56 Å². The molecule has 0 saturated carbocycles. The Morgan fingerprint density at radius 3 is 2.37 bits per heavy atom. The molecule has 0 bridgehead atoms. The van der Waals surface area contributed by atoms with E-state index >= 15 is 0 Å². The number of nitrogens with zero attached hydrogens (tertiary/aromatic N) is 2. The lowest BCUT2D eigenvalue weighted by Crippen LogP contribution is -2.25. The lowest BCUT2D eigenvalue weighted by Gasteiger charge is -2.15. The van der Waals surface area contributed by atoms with Crippen LogP contribution in [-0.2, 0) is 13.0 Å². The Hall–Kier alpha value is -1.97. The maximum atomic E-state index is 12.3. The molecular weight excluding hydrogens is 238 g/mol. The molecule has 1 heterocycles. The first-order valence-electron chi connectivity index (χ1n) is 6.71. The van der Waals surface area contributed by atoms with Crippen LogP contribution in [0.5, 0.6) is 0 Å². The van der Waals surface area contributed by atoms with Crippen molar-refractivity contribution in [3.8, 4) is 5.69 Å². The van der Waals surface area contributed by atoms with Gasteiger partial charge in [0, 0.05) is 6.54 Å². The number of aromatic nitrogens is 2. The Labute approximate surface area is 113 Å². The Balaban J connectivity index is 2.69. The predicted molar refractivity (Wildman–Crippen MR) is 78.7 cm³/mol. The normalized spacial score (nSPS) is 11.2. The molecule has 2 aromatic rings. The zero-order valence-electron chi connectivity index (χ0n) is 11.8. The summed E-state index contributed by atoms with van der Waals surface area (Å²) < 4.78 is 3.70. The van der Waals surface area contributed by atoms with Gasteiger partial charge in [0.15, 0.2) is 0 Å². The molecule has 4 heteroatoms. The molecule has 0 aliphatic carbocycles. The fourth-order valence-electron chi connectivity index (χ4n) is 2.33. The van der Waals surface area contributed by atoms with Gasteiger partial charge in [-0.15, -0.1) is 0 Å². The van der Waals surface area contributed by atoms with Crippen molar-refractivity contribution in [2.75, 3.05) is 5.73 Å². The Morgan fingerprint density at radius 2 is 1.84 bits per heavy atom. The number of rotatable bonds is 4. The molecule has 2 N–H and O–H groups in total. The molecule has 0 fully saturated rings. The standard InChI is InChI=1S/C15H21N3O/c1-4-13-14(16)15(19)17(10-11(2)3)18(13)12-8-6-5-7-9-12/h5-9,11H,4,10,16H2,1-3H3. The fourth-order valence-corrected chi connectivity index (χ4v) is 2.33. The number of hydrogen-bond donors (Lipinski definition) is 1. The molecule has 0 unspecified atom stereocenters. The van der Waals surface area contributed by atoms with Crippen molar-refractivity contribution in [1.82, 2.24) is 9.36 Å². The Morgan fingerprint density at radius 1 is 1.21 bits per heavy atom. The maximum Gasteiger partial charge on any atom is 0.290 e. The molecule has 1 aromatic heterocycles. The molecule has 102 valence electrons. The minimum absolute atomic E-state index is 0.0885. The minimum atomic E-state index is -0.0885. The number of nitrogen functional groups attached to an aromatic ring is 1. The zero-order chi connectivity index (χ0) is 14.0. The first-order chi connectivity index (χ1) is 9.06. The van der Waals surface area contributed by atoms with E-state index in [0.29, 0.717) is 18.2 Å². The second kappa shape index (κ2) is 5.34. The van der Waals surface area contributed by atoms with Crippen molar-refractivity contribution in [3.63, 3.8) is 0 Å². The van der Waals surface area contributed by atoms with Crippen molar-refractivity contribution in [3.05, 3.63) is 46.4 Å². The lowest BCUT2D eigenvalue weighted by molar-refractivity contribution is 0.436. The van der Waals surface area contributed by atoms with E-state index < -0.39 is 0 Å². The summed E-state index contributed by atoms with van der Waals surface area (Å²) >= 11 is 0. The Kier molecular flexibility index (Phi) is 3.79. The SMILES string of the molecule is CCc1c(N)c(=O)n(CC(C)C)n1-c1ccccc1. The van der Waals surface area contributed by atoms with Gasteiger partial charge < -0.3 is 5.73 Å². The highest BCUT2D eigenvalue weighted by atomic mass is 16.1. The van der Waals surface area contributed by atoms with Gasteiger partial charge in [0.05, 0.1) is 11.4 Å². The third-order valence-electron chi connectivity index (χ3n) is 3.15. The highest BCUT2D eigenvalue weighted by molar-refractivity contribution is 5.46. The molecule has 0 radical (unpaired) electrons. The van der Waals surface area contributed by atoms with Crippen molar-refractivity contribution in [2.24, 2.45) is 5.92 Å². The molecule has 0 saturated heterocycles.